The minimum absolute atomic E-state index is 0.618. The molecule has 0 fully saturated rings. The highest BCUT2D eigenvalue weighted by Crippen LogP contribution is 2.32. The van der Waals surface area contributed by atoms with Crippen molar-refractivity contribution in [2.45, 2.75) is 20.3 Å². The lowest BCUT2D eigenvalue weighted by Gasteiger charge is -2.17. The summed E-state index contributed by atoms with van der Waals surface area (Å²) in [4.78, 5) is 9.15. The number of para-hydroxylation sites is 2. The van der Waals surface area contributed by atoms with Gasteiger partial charge in [-0.25, -0.2) is 9.97 Å². The minimum atomic E-state index is 0.618. The minimum Gasteiger partial charge on any atom is -0.326 e. The van der Waals surface area contributed by atoms with Gasteiger partial charge in [0.25, 0.3) is 0 Å². The van der Waals surface area contributed by atoms with E-state index in [4.69, 9.17) is 4.98 Å². The fourth-order valence-electron chi connectivity index (χ4n) is 3.32. The van der Waals surface area contributed by atoms with Gasteiger partial charge in [0.15, 0.2) is 5.65 Å². The van der Waals surface area contributed by atoms with Crippen LogP contribution in [0.5, 0.6) is 0 Å². The Morgan fingerprint density at radius 1 is 1.23 bits per heavy atom. The monoisotopic (exact) mass is 405 g/mol. The van der Waals surface area contributed by atoms with Gasteiger partial charge in [-0.15, -0.1) is 0 Å². The van der Waals surface area contributed by atoms with Crippen LogP contribution in [0.4, 0.5) is 11.6 Å². The van der Waals surface area contributed by atoms with E-state index in [-0.39, 0.29) is 0 Å². The van der Waals surface area contributed by atoms with Crippen molar-refractivity contribution in [1.29, 1.82) is 5.26 Å². The molecule has 0 radical (unpaired) electrons. The highest BCUT2D eigenvalue weighted by atomic mass is 79.9. The van der Waals surface area contributed by atoms with Gasteiger partial charge in [0.2, 0.25) is 0 Å². The van der Waals surface area contributed by atoms with Gasteiger partial charge in [-0.2, -0.15) is 5.26 Å². The predicted octanol–water partition coefficient (Wildman–Crippen LogP) is 5.13. The highest BCUT2D eigenvalue weighted by Gasteiger charge is 2.20. The van der Waals surface area contributed by atoms with Crippen molar-refractivity contribution >= 4 is 44.2 Å². The first-order chi connectivity index (χ1) is 12.6. The second-order valence-corrected chi connectivity index (χ2v) is 6.95. The summed E-state index contributed by atoms with van der Waals surface area (Å²) in [5, 5.41) is 13.2. The van der Waals surface area contributed by atoms with E-state index in [1.54, 1.807) is 6.20 Å². The third-order valence-corrected chi connectivity index (χ3v) is 5.03. The largest absolute Gasteiger partial charge is 0.326 e. The van der Waals surface area contributed by atoms with Crippen molar-refractivity contribution in [2.75, 3.05) is 5.32 Å². The number of nitriles is 1. The van der Waals surface area contributed by atoms with E-state index in [0.29, 0.717) is 11.2 Å². The maximum absolute atomic E-state index is 9.73. The summed E-state index contributed by atoms with van der Waals surface area (Å²) in [6, 6.07) is 14.1. The van der Waals surface area contributed by atoms with E-state index in [1.165, 1.54) is 0 Å². The van der Waals surface area contributed by atoms with Crippen molar-refractivity contribution in [1.82, 2.24) is 14.4 Å². The summed E-state index contributed by atoms with van der Waals surface area (Å²) in [6.45, 7) is 4.07. The van der Waals surface area contributed by atoms with Gasteiger partial charge < -0.3 is 5.32 Å². The van der Waals surface area contributed by atoms with Crippen LogP contribution in [-0.2, 0) is 6.42 Å². The van der Waals surface area contributed by atoms with Crippen LogP contribution in [0, 0.1) is 18.3 Å². The van der Waals surface area contributed by atoms with Crippen molar-refractivity contribution in [3.63, 3.8) is 0 Å². The molecule has 0 atom stereocenters. The summed E-state index contributed by atoms with van der Waals surface area (Å²) in [5.41, 5.74) is 5.16. The summed E-state index contributed by atoms with van der Waals surface area (Å²) in [5.74, 6) is 1.65. The molecule has 0 bridgehead atoms. The van der Waals surface area contributed by atoms with E-state index in [1.807, 2.05) is 47.7 Å². The zero-order valence-electron chi connectivity index (χ0n) is 14.4. The van der Waals surface area contributed by atoms with Crippen molar-refractivity contribution < 1.29 is 0 Å². The van der Waals surface area contributed by atoms with Gasteiger partial charge in [0.1, 0.15) is 17.7 Å². The number of pyridine rings is 2. The third-order valence-electron chi connectivity index (χ3n) is 4.56. The standard InChI is InChI=1S/C20H16BrN5/c1-3-14-12(2)15(10-22)20-24-16-6-4-5-7-17(16)26(20)19(14)25-18-9-8-13(21)11-23-18/h4-9,11H,3H2,1-2H3,(H,23,25). The van der Waals surface area contributed by atoms with Gasteiger partial charge in [0.05, 0.1) is 16.6 Å². The molecule has 0 spiro atoms. The Kier molecular flexibility index (Phi) is 4.09. The highest BCUT2D eigenvalue weighted by molar-refractivity contribution is 9.10. The Labute approximate surface area is 159 Å². The Balaban J connectivity index is 2.09. The van der Waals surface area contributed by atoms with Crippen molar-refractivity contribution in [2.24, 2.45) is 0 Å². The number of hydrogen-bond donors (Lipinski definition) is 1. The molecular weight excluding hydrogens is 390 g/mol. The van der Waals surface area contributed by atoms with E-state index >= 15 is 0 Å². The smallest absolute Gasteiger partial charge is 0.157 e. The molecule has 128 valence electrons. The average molecular weight is 406 g/mol. The van der Waals surface area contributed by atoms with Gasteiger partial charge in [0, 0.05) is 10.7 Å². The molecule has 26 heavy (non-hydrogen) atoms. The second-order valence-electron chi connectivity index (χ2n) is 6.04. The zero-order valence-corrected chi connectivity index (χ0v) is 16.0. The molecule has 3 heterocycles. The SMILES string of the molecule is CCc1c(C)c(C#N)c2nc3ccccc3n2c1Nc1ccc(Br)cn1. The summed E-state index contributed by atoms with van der Waals surface area (Å²) < 4.78 is 2.96. The molecule has 3 aromatic heterocycles. The van der Waals surface area contributed by atoms with Crippen LogP contribution in [0.2, 0.25) is 0 Å². The first-order valence-corrected chi connectivity index (χ1v) is 9.14. The molecular formula is C20H16BrN5. The Morgan fingerprint density at radius 2 is 2.04 bits per heavy atom. The van der Waals surface area contributed by atoms with Crippen LogP contribution in [-0.4, -0.2) is 14.4 Å². The number of benzene rings is 1. The lowest BCUT2D eigenvalue weighted by molar-refractivity contribution is 1.05. The maximum atomic E-state index is 9.73. The maximum Gasteiger partial charge on any atom is 0.157 e. The lowest BCUT2D eigenvalue weighted by Crippen LogP contribution is -2.08. The van der Waals surface area contributed by atoms with Crippen molar-refractivity contribution in [3.8, 4) is 6.07 Å². The van der Waals surface area contributed by atoms with Crippen LogP contribution >= 0.6 is 15.9 Å². The summed E-state index contributed by atoms with van der Waals surface area (Å²) in [7, 11) is 0. The molecule has 0 saturated heterocycles. The number of rotatable bonds is 3. The van der Waals surface area contributed by atoms with Crippen LogP contribution in [0.3, 0.4) is 0 Å². The molecule has 1 N–H and O–H groups in total. The average Bonchev–Trinajstić information content (AvgIpc) is 3.03. The number of aromatic nitrogens is 3. The number of nitrogens with one attached hydrogen (secondary N) is 1. The van der Waals surface area contributed by atoms with Crippen LogP contribution in [0.15, 0.2) is 47.1 Å². The lowest BCUT2D eigenvalue weighted by atomic mass is 10.0. The zero-order chi connectivity index (χ0) is 18.3. The fourth-order valence-corrected chi connectivity index (χ4v) is 3.55. The molecule has 4 aromatic rings. The van der Waals surface area contributed by atoms with Crippen LogP contribution in [0.25, 0.3) is 16.7 Å². The van der Waals surface area contributed by atoms with E-state index in [9.17, 15) is 5.26 Å². The van der Waals surface area contributed by atoms with Crippen LogP contribution in [0.1, 0.15) is 23.6 Å². The topological polar surface area (TPSA) is 66.0 Å². The van der Waals surface area contributed by atoms with E-state index in [2.05, 4.69) is 39.2 Å². The summed E-state index contributed by atoms with van der Waals surface area (Å²) >= 11 is 3.41. The number of fused-ring (bicyclic) bond motifs is 3. The number of halogens is 1. The molecule has 0 saturated carbocycles. The van der Waals surface area contributed by atoms with E-state index < -0.39 is 0 Å². The number of hydrogen-bond acceptors (Lipinski definition) is 4. The predicted molar refractivity (Wildman–Crippen MR) is 107 cm³/mol. The molecule has 4 rings (SSSR count). The van der Waals surface area contributed by atoms with E-state index in [0.717, 1.165) is 44.7 Å². The van der Waals surface area contributed by atoms with Gasteiger partial charge >= 0.3 is 0 Å². The quantitative estimate of drug-likeness (QED) is 0.512. The molecule has 0 aliphatic rings. The number of anilines is 2. The molecule has 5 nitrogen and oxygen atoms in total. The van der Waals surface area contributed by atoms with Crippen LogP contribution < -0.4 is 5.32 Å². The Hall–Kier alpha value is -2.91. The molecule has 0 amide bonds. The first-order valence-electron chi connectivity index (χ1n) is 8.35. The number of imidazole rings is 1. The number of nitrogens with zero attached hydrogens (tertiary/aromatic N) is 4. The molecule has 0 aliphatic heterocycles. The summed E-state index contributed by atoms with van der Waals surface area (Å²) in [6.07, 6.45) is 2.55. The molecule has 6 heteroatoms. The Morgan fingerprint density at radius 3 is 2.73 bits per heavy atom. The van der Waals surface area contributed by atoms with Gasteiger partial charge in [-0.1, -0.05) is 19.1 Å². The Bertz CT molecular complexity index is 1170. The normalized spacial score (nSPS) is 11.0. The third kappa shape index (κ3) is 2.52. The molecule has 0 unspecified atom stereocenters. The van der Waals surface area contributed by atoms with Crippen molar-refractivity contribution in [3.05, 3.63) is 63.8 Å². The molecule has 0 aliphatic carbocycles. The first kappa shape index (κ1) is 16.6. The fraction of sp³-hybridized carbons (Fsp3) is 0.150. The molecule has 1 aromatic carbocycles. The van der Waals surface area contributed by atoms with Gasteiger partial charge in [-0.05, 0) is 64.7 Å². The second kappa shape index (κ2) is 6.43. The van der Waals surface area contributed by atoms with Gasteiger partial charge in [-0.3, -0.25) is 4.40 Å².